The van der Waals surface area contributed by atoms with E-state index in [1.807, 2.05) is 19.1 Å². The van der Waals surface area contributed by atoms with Crippen molar-refractivity contribution in [3.63, 3.8) is 0 Å². The van der Waals surface area contributed by atoms with Crippen molar-refractivity contribution in [1.29, 1.82) is 10.5 Å². The molecule has 0 aliphatic heterocycles. The normalized spacial score (nSPS) is 9.67. The summed E-state index contributed by atoms with van der Waals surface area (Å²) in [6.45, 7) is 3.46. The number of amides is 1. The predicted molar refractivity (Wildman–Crippen MR) is 81.8 cm³/mol. The van der Waals surface area contributed by atoms with E-state index in [1.54, 1.807) is 4.90 Å². The molecule has 0 spiro atoms. The molecule has 0 aliphatic carbocycles. The van der Waals surface area contributed by atoms with Gasteiger partial charge in [0.05, 0.1) is 30.7 Å². The number of carbonyl (C=O) groups excluding carboxylic acids is 1. The topological polar surface area (TPSA) is 106 Å². The van der Waals surface area contributed by atoms with Gasteiger partial charge in [0.2, 0.25) is 11.0 Å². The van der Waals surface area contributed by atoms with Crippen LogP contribution < -0.4 is 5.32 Å². The van der Waals surface area contributed by atoms with Crippen molar-refractivity contribution in [2.24, 2.45) is 0 Å². The molecule has 1 rings (SSSR count). The minimum absolute atomic E-state index is 0.0919. The van der Waals surface area contributed by atoms with E-state index in [0.717, 1.165) is 16.0 Å². The molecule has 0 saturated heterocycles. The van der Waals surface area contributed by atoms with Crippen LogP contribution in [0.25, 0.3) is 0 Å². The van der Waals surface area contributed by atoms with Crippen molar-refractivity contribution < 1.29 is 4.79 Å². The Bertz CT molecular complexity index is 515. The van der Waals surface area contributed by atoms with Crippen LogP contribution in [0.1, 0.15) is 19.8 Å². The van der Waals surface area contributed by atoms with Gasteiger partial charge in [0.1, 0.15) is 0 Å². The van der Waals surface area contributed by atoms with Crippen LogP contribution in [0.5, 0.6) is 0 Å². The van der Waals surface area contributed by atoms with E-state index >= 15 is 0 Å². The molecule has 112 valence electrons. The van der Waals surface area contributed by atoms with E-state index in [4.69, 9.17) is 10.5 Å². The Morgan fingerprint density at radius 2 is 2.00 bits per heavy atom. The molecule has 1 heterocycles. The highest BCUT2D eigenvalue weighted by Crippen LogP contribution is 2.25. The van der Waals surface area contributed by atoms with Gasteiger partial charge in [0.15, 0.2) is 4.34 Å². The Hall–Kier alpha value is -1.84. The lowest BCUT2D eigenvalue weighted by Crippen LogP contribution is -2.34. The van der Waals surface area contributed by atoms with Gasteiger partial charge in [-0.3, -0.25) is 4.79 Å². The summed E-state index contributed by atoms with van der Waals surface area (Å²) >= 11 is 2.72. The second-order valence-corrected chi connectivity index (χ2v) is 6.09. The van der Waals surface area contributed by atoms with Gasteiger partial charge in [-0.15, -0.1) is 10.2 Å². The molecule has 1 amide bonds. The maximum absolute atomic E-state index is 12.1. The van der Waals surface area contributed by atoms with Crippen LogP contribution in [0.3, 0.4) is 0 Å². The van der Waals surface area contributed by atoms with Crippen LogP contribution in [0, 0.1) is 22.7 Å². The van der Waals surface area contributed by atoms with Crippen LogP contribution in [-0.2, 0) is 4.79 Å². The number of nitriles is 2. The molecular weight excluding hydrogens is 308 g/mol. The van der Waals surface area contributed by atoms with Gasteiger partial charge in [-0.1, -0.05) is 23.1 Å². The third-order valence-corrected chi connectivity index (χ3v) is 4.39. The Balaban J connectivity index is 2.47. The largest absolute Gasteiger partial charge is 0.360 e. The van der Waals surface area contributed by atoms with Crippen LogP contribution in [0.4, 0.5) is 5.13 Å². The minimum atomic E-state index is -0.0919. The zero-order valence-electron chi connectivity index (χ0n) is 11.7. The van der Waals surface area contributed by atoms with Crippen molar-refractivity contribution >= 4 is 34.1 Å². The standard InChI is InChI=1S/C12H16N6OS2/c1-2-15-11-16-17-12(21-11)20-9-10(19)18(7-3-5-13)8-4-6-14/h2-4,7-9H2,1H3,(H,15,16). The van der Waals surface area contributed by atoms with Gasteiger partial charge in [-0.05, 0) is 6.92 Å². The van der Waals surface area contributed by atoms with E-state index in [0.29, 0.717) is 13.1 Å². The lowest BCUT2D eigenvalue weighted by molar-refractivity contribution is -0.128. The molecule has 0 fully saturated rings. The summed E-state index contributed by atoms with van der Waals surface area (Å²) in [4.78, 5) is 13.6. The Labute approximate surface area is 132 Å². The summed E-state index contributed by atoms with van der Waals surface area (Å²) in [5, 5.41) is 28.9. The van der Waals surface area contributed by atoms with Gasteiger partial charge in [-0.2, -0.15) is 10.5 Å². The SMILES string of the molecule is CCNc1nnc(SCC(=O)N(CCC#N)CCC#N)s1. The van der Waals surface area contributed by atoms with E-state index in [1.165, 1.54) is 23.1 Å². The third kappa shape index (κ3) is 6.43. The molecule has 21 heavy (non-hydrogen) atoms. The maximum Gasteiger partial charge on any atom is 0.233 e. The summed E-state index contributed by atoms with van der Waals surface area (Å²) in [5.74, 6) is 0.142. The van der Waals surface area contributed by atoms with E-state index in [9.17, 15) is 4.79 Å². The fourth-order valence-electron chi connectivity index (χ4n) is 1.44. The van der Waals surface area contributed by atoms with Crippen molar-refractivity contribution in [2.45, 2.75) is 24.1 Å². The monoisotopic (exact) mass is 324 g/mol. The van der Waals surface area contributed by atoms with Gasteiger partial charge in [-0.25, -0.2) is 0 Å². The van der Waals surface area contributed by atoms with Gasteiger partial charge < -0.3 is 10.2 Å². The zero-order valence-corrected chi connectivity index (χ0v) is 13.3. The molecule has 1 N–H and O–H groups in total. The molecule has 0 saturated carbocycles. The Morgan fingerprint density at radius 3 is 2.57 bits per heavy atom. The average Bonchev–Trinajstić information content (AvgIpc) is 2.93. The Morgan fingerprint density at radius 1 is 1.33 bits per heavy atom. The van der Waals surface area contributed by atoms with Crippen molar-refractivity contribution in [1.82, 2.24) is 15.1 Å². The predicted octanol–water partition coefficient (Wildman–Crippen LogP) is 1.72. The minimum Gasteiger partial charge on any atom is -0.360 e. The summed E-state index contributed by atoms with van der Waals surface area (Å²) in [6, 6.07) is 4.02. The van der Waals surface area contributed by atoms with Crippen LogP contribution in [0.2, 0.25) is 0 Å². The summed E-state index contributed by atoms with van der Waals surface area (Å²) in [7, 11) is 0. The molecule has 0 aromatic carbocycles. The quantitative estimate of drug-likeness (QED) is 0.689. The molecule has 0 unspecified atom stereocenters. The molecule has 1 aromatic heterocycles. The fourth-order valence-corrected chi connectivity index (χ4v) is 3.16. The van der Waals surface area contributed by atoms with Gasteiger partial charge in [0, 0.05) is 19.6 Å². The number of hydrogen-bond donors (Lipinski definition) is 1. The van der Waals surface area contributed by atoms with Crippen LogP contribution in [-0.4, -0.2) is 46.4 Å². The third-order valence-electron chi connectivity index (χ3n) is 2.39. The first-order valence-corrected chi connectivity index (χ1v) is 8.23. The summed E-state index contributed by atoms with van der Waals surface area (Å²) in [5.41, 5.74) is 0. The molecule has 0 atom stereocenters. The summed E-state index contributed by atoms with van der Waals surface area (Å²) in [6.07, 6.45) is 0.538. The smallest absolute Gasteiger partial charge is 0.233 e. The number of anilines is 1. The molecule has 9 heteroatoms. The second kappa shape index (κ2) is 9.97. The lowest BCUT2D eigenvalue weighted by atomic mass is 10.3. The second-order valence-electron chi connectivity index (χ2n) is 3.89. The zero-order chi connectivity index (χ0) is 15.5. The molecular formula is C12H16N6OS2. The lowest BCUT2D eigenvalue weighted by Gasteiger charge is -2.19. The number of thioether (sulfide) groups is 1. The molecule has 0 radical (unpaired) electrons. The van der Waals surface area contributed by atoms with E-state index < -0.39 is 0 Å². The molecule has 1 aromatic rings. The van der Waals surface area contributed by atoms with Crippen molar-refractivity contribution in [3.05, 3.63) is 0 Å². The van der Waals surface area contributed by atoms with Crippen LogP contribution >= 0.6 is 23.1 Å². The number of nitrogens with one attached hydrogen (secondary N) is 1. The molecule has 0 bridgehead atoms. The van der Waals surface area contributed by atoms with Crippen molar-refractivity contribution in [2.75, 3.05) is 30.7 Å². The number of nitrogens with zero attached hydrogens (tertiary/aromatic N) is 5. The average molecular weight is 324 g/mol. The highest BCUT2D eigenvalue weighted by atomic mass is 32.2. The number of carbonyl (C=O) groups is 1. The van der Waals surface area contributed by atoms with E-state index in [2.05, 4.69) is 15.5 Å². The molecule has 7 nitrogen and oxygen atoms in total. The first-order valence-electron chi connectivity index (χ1n) is 6.43. The van der Waals surface area contributed by atoms with Crippen molar-refractivity contribution in [3.8, 4) is 12.1 Å². The highest BCUT2D eigenvalue weighted by Gasteiger charge is 2.14. The molecule has 0 aliphatic rings. The van der Waals surface area contributed by atoms with Gasteiger partial charge in [0.25, 0.3) is 0 Å². The first kappa shape index (κ1) is 17.2. The number of aromatic nitrogens is 2. The number of rotatable bonds is 9. The first-order chi connectivity index (χ1) is 10.2. The summed E-state index contributed by atoms with van der Waals surface area (Å²) < 4.78 is 0.722. The maximum atomic E-state index is 12.1. The fraction of sp³-hybridized carbons (Fsp3) is 0.583. The van der Waals surface area contributed by atoms with E-state index in [-0.39, 0.29) is 24.5 Å². The van der Waals surface area contributed by atoms with Crippen LogP contribution in [0.15, 0.2) is 4.34 Å². The van der Waals surface area contributed by atoms with Gasteiger partial charge >= 0.3 is 0 Å². The highest BCUT2D eigenvalue weighted by molar-refractivity contribution is 8.01. The Kier molecular flexibility index (Phi) is 8.17. The number of hydrogen-bond acceptors (Lipinski definition) is 8.